The quantitative estimate of drug-likeness (QED) is 0.770. The van der Waals surface area contributed by atoms with E-state index >= 15 is 0 Å². The molecule has 1 aromatic carbocycles. The maximum atomic E-state index is 11.7. The van der Waals surface area contributed by atoms with Crippen LogP contribution in [0.5, 0.6) is 5.75 Å². The van der Waals surface area contributed by atoms with E-state index in [-0.39, 0.29) is 11.5 Å². The molecule has 21 heavy (non-hydrogen) atoms. The first-order valence-corrected chi connectivity index (χ1v) is 8.21. The highest BCUT2D eigenvalue weighted by Crippen LogP contribution is 2.59. The summed E-state index contributed by atoms with van der Waals surface area (Å²) in [5.41, 5.74) is 1.76. The standard InChI is InChI=1S/C18H25NO2/c1-12-5-6-18(21)16-9-13-3-4-14(20)10-15(13)17(18,11-12)7-8-19(16)2/h3-4,10,12,16,20-21H,5-9,11H2,1-2H3/t12-,16+,17+,18+/m0/s1. The smallest absolute Gasteiger partial charge is 0.115 e. The van der Waals surface area contributed by atoms with Gasteiger partial charge in [0.15, 0.2) is 0 Å². The van der Waals surface area contributed by atoms with Gasteiger partial charge in [0.2, 0.25) is 0 Å². The zero-order valence-electron chi connectivity index (χ0n) is 13.0. The van der Waals surface area contributed by atoms with Gasteiger partial charge in [-0.3, -0.25) is 0 Å². The second-order valence-electron chi connectivity index (χ2n) is 7.65. The molecule has 2 fully saturated rings. The molecule has 1 heterocycles. The van der Waals surface area contributed by atoms with Crippen LogP contribution in [0.4, 0.5) is 0 Å². The number of hydrogen-bond acceptors (Lipinski definition) is 3. The van der Waals surface area contributed by atoms with E-state index in [9.17, 15) is 10.2 Å². The normalized spacial score (nSPS) is 42.2. The summed E-state index contributed by atoms with van der Waals surface area (Å²) in [7, 11) is 2.15. The highest BCUT2D eigenvalue weighted by molar-refractivity contribution is 5.48. The number of phenolic OH excluding ortho intramolecular Hbond substituents is 1. The lowest BCUT2D eigenvalue weighted by Crippen LogP contribution is -2.72. The largest absolute Gasteiger partial charge is 0.508 e. The number of phenols is 1. The van der Waals surface area contributed by atoms with Gasteiger partial charge in [0.1, 0.15) is 5.75 Å². The molecular weight excluding hydrogens is 262 g/mol. The van der Waals surface area contributed by atoms with Crippen molar-refractivity contribution in [3.8, 4) is 5.75 Å². The van der Waals surface area contributed by atoms with Crippen molar-refractivity contribution in [2.24, 2.45) is 5.92 Å². The van der Waals surface area contributed by atoms with E-state index in [1.807, 2.05) is 6.07 Å². The lowest BCUT2D eigenvalue weighted by molar-refractivity contribution is -0.168. The molecule has 0 spiro atoms. The van der Waals surface area contributed by atoms with E-state index in [1.165, 1.54) is 11.1 Å². The van der Waals surface area contributed by atoms with Crippen molar-refractivity contribution >= 4 is 0 Å². The van der Waals surface area contributed by atoms with Gasteiger partial charge in [-0.25, -0.2) is 0 Å². The minimum absolute atomic E-state index is 0.159. The first kappa shape index (κ1) is 13.6. The summed E-state index contributed by atoms with van der Waals surface area (Å²) in [6.45, 7) is 3.34. The predicted octanol–water partition coefficient (Wildman–Crippen LogP) is 2.44. The number of piperidine rings is 1. The fourth-order valence-electron chi connectivity index (χ4n) is 5.47. The monoisotopic (exact) mass is 287 g/mol. The summed E-state index contributed by atoms with van der Waals surface area (Å²) in [6.07, 6.45) is 4.94. The molecule has 0 aromatic heterocycles. The number of benzene rings is 1. The SMILES string of the molecule is C[C@H]1CC[C@@]2(O)[C@H]3Cc4ccc(O)cc4[C@@]2(CCN3C)C1. The van der Waals surface area contributed by atoms with Crippen LogP contribution >= 0.6 is 0 Å². The van der Waals surface area contributed by atoms with Crippen molar-refractivity contribution < 1.29 is 10.2 Å². The number of likely N-dealkylation sites (tertiary alicyclic amines) is 1. The van der Waals surface area contributed by atoms with Gasteiger partial charge in [0.05, 0.1) is 5.60 Å². The summed E-state index contributed by atoms with van der Waals surface area (Å²) in [5.74, 6) is 0.976. The van der Waals surface area contributed by atoms with Gasteiger partial charge in [-0.15, -0.1) is 0 Å². The highest BCUT2D eigenvalue weighted by atomic mass is 16.3. The molecule has 0 unspecified atom stereocenters. The van der Waals surface area contributed by atoms with E-state index in [0.717, 1.165) is 38.6 Å². The predicted molar refractivity (Wildman–Crippen MR) is 82.5 cm³/mol. The van der Waals surface area contributed by atoms with Gasteiger partial charge < -0.3 is 15.1 Å². The van der Waals surface area contributed by atoms with Crippen molar-refractivity contribution in [3.05, 3.63) is 29.3 Å². The molecule has 1 saturated heterocycles. The van der Waals surface area contributed by atoms with Crippen LogP contribution in [0.3, 0.4) is 0 Å². The van der Waals surface area contributed by atoms with Crippen LogP contribution in [0.2, 0.25) is 0 Å². The first-order valence-electron chi connectivity index (χ1n) is 8.21. The Morgan fingerprint density at radius 2 is 2.10 bits per heavy atom. The molecule has 1 saturated carbocycles. The highest BCUT2D eigenvalue weighted by Gasteiger charge is 2.63. The molecular formula is C18H25NO2. The van der Waals surface area contributed by atoms with Crippen LogP contribution in [0, 0.1) is 5.92 Å². The second kappa shape index (κ2) is 4.23. The summed E-state index contributed by atoms with van der Waals surface area (Å²) in [6, 6.07) is 6.01. The Balaban J connectivity index is 1.96. The molecule has 2 aliphatic carbocycles. The van der Waals surface area contributed by atoms with Crippen LogP contribution in [-0.2, 0) is 11.8 Å². The van der Waals surface area contributed by atoms with Gasteiger partial charge >= 0.3 is 0 Å². The number of nitrogens with zero attached hydrogens (tertiary/aromatic N) is 1. The van der Waals surface area contributed by atoms with Crippen molar-refractivity contribution in [1.29, 1.82) is 0 Å². The average Bonchev–Trinajstić information content (AvgIpc) is 2.45. The lowest BCUT2D eigenvalue weighted by Gasteiger charge is -2.64. The fourth-order valence-corrected chi connectivity index (χ4v) is 5.47. The summed E-state index contributed by atoms with van der Waals surface area (Å²) in [4.78, 5) is 2.35. The van der Waals surface area contributed by atoms with Crippen molar-refractivity contribution in [1.82, 2.24) is 4.90 Å². The van der Waals surface area contributed by atoms with Gasteiger partial charge in [0.25, 0.3) is 0 Å². The number of likely N-dealkylation sites (N-methyl/N-ethyl adjacent to an activating group) is 1. The molecule has 3 heteroatoms. The third-order valence-corrected chi connectivity index (χ3v) is 6.54. The minimum Gasteiger partial charge on any atom is -0.508 e. The van der Waals surface area contributed by atoms with E-state index in [1.54, 1.807) is 6.07 Å². The molecule has 4 atom stereocenters. The molecule has 0 amide bonds. The molecule has 3 nitrogen and oxygen atoms in total. The Labute approximate surface area is 126 Å². The molecule has 4 rings (SSSR count). The Bertz CT molecular complexity index is 587. The summed E-state index contributed by atoms with van der Waals surface area (Å²) < 4.78 is 0. The molecule has 1 aromatic rings. The topological polar surface area (TPSA) is 43.7 Å². The number of rotatable bonds is 0. The number of aliphatic hydroxyl groups is 1. The fraction of sp³-hybridized carbons (Fsp3) is 0.667. The van der Waals surface area contributed by atoms with Crippen LogP contribution < -0.4 is 0 Å². The van der Waals surface area contributed by atoms with Gasteiger partial charge in [0, 0.05) is 11.5 Å². The van der Waals surface area contributed by atoms with E-state index in [0.29, 0.717) is 11.7 Å². The molecule has 3 aliphatic rings. The van der Waals surface area contributed by atoms with Crippen molar-refractivity contribution in [2.45, 2.75) is 56.1 Å². The molecule has 2 bridgehead atoms. The van der Waals surface area contributed by atoms with Crippen LogP contribution in [0.1, 0.15) is 43.7 Å². The zero-order chi connectivity index (χ0) is 14.8. The lowest BCUT2D eigenvalue weighted by atomic mass is 9.48. The van der Waals surface area contributed by atoms with Gasteiger partial charge in [-0.1, -0.05) is 13.0 Å². The molecule has 114 valence electrons. The van der Waals surface area contributed by atoms with Gasteiger partial charge in [-0.2, -0.15) is 0 Å². The maximum Gasteiger partial charge on any atom is 0.115 e. The number of fused-ring (bicyclic) bond motifs is 1. The summed E-state index contributed by atoms with van der Waals surface area (Å²) in [5, 5.41) is 21.6. The van der Waals surface area contributed by atoms with E-state index < -0.39 is 5.60 Å². The van der Waals surface area contributed by atoms with Crippen molar-refractivity contribution in [3.63, 3.8) is 0 Å². The van der Waals surface area contributed by atoms with Crippen LogP contribution in [0.25, 0.3) is 0 Å². The Morgan fingerprint density at radius 3 is 2.90 bits per heavy atom. The molecule has 2 N–H and O–H groups in total. The number of aromatic hydroxyl groups is 1. The van der Waals surface area contributed by atoms with E-state index in [4.69, 9.17) is 0 Å². The number of hydrogen-bond donors (Lipinski definition) is 2. The molecule has 1 aliphatic heterocycles. The maximum absolute atomic E-state index is 11.7. The van der Waals surface area contributed by atoms with Crippen molar-refractivity contribution in [2.75, 3.05) is 13.6 Å². The van der Waals surface area contributed by atoms with E-state index in [2.05, 4.69) is 24.9 Å². The average molecular weight is 287 g/mol. The Kier molecular flexibility index (Phi) is 2.74. The first-order chi connectivity index (χ1) is 9.96. The Morgan fingerprint density at radius 1 is 1.29 bits per heavy atom. The van der Waals surface area contributed by atoms with Crippen LogP contribution in [0.15, 0.2) is 18.2 Å². The van der Waals surface area contributed by atoms with Crippen LogP contribution in [-0.4, -0.2) is 40.3 Å². The minimum atomic E-state index is -0.632. The Hall–Kier alpha value is -1.06. The third kappa shape index (κ3) is 1.62. The van der Waals surface area contributed by atoms with Gasteiger partial charge in [-0.05, 0) is 74.9 Å². The third-order valence-electron chi connectivity index (χ3n) is 6.54. The summed E-state index contributed by atoms with van der Waals surface area (Å²) >= 11 is 0. The second-order valence-corrected chi connectivity index (χ2v) is 7.65. The molecule has 0 radical (unpaired) electrons. The zero-order valence-corrected chi connectivity index (χ0v) is 13.0.